The van der Waals surface area contributed by atoms with E-state index in [-0.39, 0.29) is 0 Å². The lowest BCUT2D eigenvalue weighted by Gasteiger charge is -2.32. The van der Waals surface area contributed by atoms with Crippen molar-refractivity contribution in [3.63, 3.8) is 0 Å². The maximum atomic E-state index is 11.4. The van der Waals surface area contributed by atoms with Gasteiger partial charge in [0.15, 0.2) is 0 Å². The Morgan fingerprint density at radius 3 is 2.36 bits per heavy atom. The quantitative estimate of drug-likeness (QED) is 0.460. The maximum Gasteiger partial charge on any atom is 0.499 e. The van der Waals surface area contributed by atoms with E-state index in [0.717, 1.165) is 19.1 Å². The van der Waals surface area contributed by atoms with Gasteiger partial charge in [-0.25, -0.2) is 0 Å². The first kappa shape index (κ1) is 17.0. The molecule has 5 heteroatoms. The Morgan fingerprint density at radius 1 is 1.18 bits per heavy atom. The summed E-state index contributed by atoms with van der Waals surface area (Å²) in [5.74, 6) is 0.663. The minimum atomic E-state index is -0.594. The van der Waals surface area contributed by atoms with Gasteiger partial charge in [-0.1, -0.05) is 25.5 Å². The molecule has 0 atom stereocenters. The molecule has 1 fully saturated rings. The first-order valence-electron chi connectivity index (χ1n) is 7.89. The van der Waals surface area contributed by atoms with Crippen molar-refractivity contribution in [2.24, 2.45) is 0 Å². The third-order valence-electron chi connectivity index (χ3n) is 4.47. The Balaban J connectivity index is 2.35. The van der Waals surface area contributed by atoms with E-state index in [1.165, 1.54) is 0 Å². The van der Waals surface area contributed by atoms with Gasteiger partial charge in [-0.15, -0.1) is 0 Å². The second-order valence-electron chi connectivity index (χ2n) is 6.67. The van der Waals surface area contributed by atoms with Gasteiger partial charge in [0.1, 0.15) is 12.0 Å². The van der Waals surface area contributed by atoms with Gasteiger partial charge < -0.3 is 14.0 Å². The highest BCUT2D eigenvalue weighted by Crippen LogP contribution is 2.37. The molecule has 4 nitrogen and oxygen atoms in total. The lowest BCUT2D eigenvalue weighted by Crippen LogP contribution is -2.41. The Kier molecular flexibility index (Phi) is 4.98. The highest BCUT2D eigenvalue weighted by molar-refractivity contribution is 6.64. The number of hydrogen-bond donors (Lipinski definition) is 0. The van der Waals surface area contributed by atoms with E-state index in [0.29, 0.717) is 23.4 Å². The van der Waals surface area contributed by atoms with E-state index < -0.39 is 18.3 Å². The molecule has 2 rings (SSSR count). The van der Waals surface area contributed by atoms with Crippen LogP contribution in [0, 0.1) is 0 Å². The van der Waals surface area contributed by atoms with E-state index in [1.54, 1.807) is 6.07 Å². The Hall–Kier alpha value is -1.33. The van der Waals surface area contributed by atoms with Crippen molar-refractivity contribution in [2.45, 2.75) is 58.7 Å². The highest BCUT2D eigenvalue weighted by Gasteiger charge is 2.53. The highest BCUT2D eigenvalue weighted by atomic mass is 16.7. The van der Waals surface area contributed by atoms with Crippen molar-refractivity contribution in [2.75, 3.05) is 6.61 Å². The summed E-state index contributed by atoms with van der Waals surface area (Å²) in [7, 11) is -0.594. The molecule has 0 aromatic heterocycles. The zero-order chi connectivity index (χ0) is 16.4. The van der Waals surface area contributed by atoms with Crippen LogP contribution in [0.3, 0.4) is 0 Å². The molecule has 0 bridgehead atoms. The summed E-state index contributed by atoms with van der Waals surface area (Å²) in [4.78, 5) is 11.4. The van der Waals surface area contributed by atoms with E-state index in [9.17, 15) is 4.79 Å². The van der Waals surface area contributed by atoms with Crippen molar-refractivity contribution < 1.29 is 18.8 Å². The first-order valence-corrected chi connectivity index (χ1v) is 7.89. The number of aldehydes is 1. The lowest BCUT2D eigenvalue weighted by atomic mass is 9.75. The van der Waals surface area contributed by atoms with Crippen molar-refractivity contribution in [1.29, 1.82) is 0 Å². The van der Waals surface area contributed by atoms with Gasteiger partial charge in [0.05, 0.1) is 17.8 Å². The zero-order valence-corrected chi connectivity index (χ0v) is 14.1. The van der Waals surface area contributed by atoms with Crippen molar-refractivity contribution >= 4 is 18.9 Å². The van der Waals surface area contributed by atoms with Crippen molar-refractivity contribution in [3.05, 3.63) is 23.8 Å². The first-order chi connectivity index (χ1) is 10.3. The molecule has 22 heavy (non-hydrogen) atoms. The Bertz CT molecular complexity index is 523. The average molecular weight is 304 g/mol. The molecule has 0 radical (unpaired) electrons. The fourth-order valence-electron chi connectivity index (χ4n) is 2.33. The third-order valence-corrected chi connectivity index (χ3v) is 4.47. The number of carbonyl (C=O) groups is 1. The van der Waals surface area contributed by atoms with Crippen LogP contribution in [0.15, 0.2) is 18.2 Å². The predicted octanol–water partition coefficient (Wildman–Crippen LogP) is 2.98. The number of rotatable bonds is 6. The Labute approximate surface area is 133 Å². The predicted molar refractivity (Wildman–Crippen MR) is 87.9 cm³/mol. The molecule has 0 N–H and O–H groups in total. The summed E-state index contributed by atoms with van der Waals surface area (Å²) >= 11 is 0. The van der Waals surface area contributed by atoms with Gasteiger partial charge in [0, 0.05) is 11.0 Å². The van der Waals surface area contributed by atoms with Crippen LogP contribution >= 0.6 is 0 Å². The van der Waals surface area contributed by atoms with Gasteiger partial charge in [0.25, 0.3) is 0 Å². The summed E-state index contributed by atoms with van der Waals surface area (Å²) in [5.41, 5.74) is 0.336. The fraction of sp³-hybridized carbons (Fsp3) is 0.588. The van der Waals surface area contributed by atoms with Gasteiger partial charge in [-0.2, -0.15) is 0 Å². The zero-order valence-electron chi connectivity index (χ0n) is 14.1. The standard InChI is InChI=1S/C17H25BO4/c1-6-7-11-20-14-10-8-9-13(12-19)15(14)18-21-16(2,3)17(4,5)22-18/h8-10,12H,6-7,11H2,1-5H3. The molecule has 0 unspecified atom stereocenters. The molecule has 120 valence electrons. The van der Waals surface area contributed by atoms with Crippen LogP contribution in [0.1, 0.15) is 57.8 Å². The van der Waals surface area contributed by atoms with Gasteiger partial charge in [-0.3, -0.25) is 4.79 Å². The maximum absolute atomic E-state index is 11.4. The molecular formula is C17H25BO4. The van der Waals surface area contributed by atoms with E-state index >= 15 is 0 Å². The molecule has 1 aromatic carbocycles. The van der Waals surface area contributed by atoms with Crippen LogP contribution in [0.25, 0.3) is 0 Å². The van der Waals surface area contributed by atoms with Crippen LogP contribution in [-0.2, 0) is 9.31 Å². The smallest absolute Gasteiger partial charge is 0.494 e. The molecule has 0 spiro atoms. The average Bonchev–Trinajstić information content (AvgIpc) is 2.67. The number of carbonyl (C=O) groups excluding carboxylic acids is 1. The van der Waals surface area contributed by atoms with Crippen molar-refractivity contribution in [3.8, 4) is 5.75 Å². The van der Waals surface area contributed by atoms with Crippen LogP contribution in [0.5, 0.6) is 5.75 Å². The molecule has 1 aromatic rings. The molecule has 1 heterocycles. The number of ether oxygens (including phenoxy) is 1. The molecule has 1 aliphatic rings. The second-order valence-corrected chi connectivity index (χ2v) is 6.67. The van der Waals surface area contributed by atoms with Gasteiger partial charge in [0.2, 0.25) is 0 Å². The largest absolute Gasteiger partial charge is 0.499 e. The summed E-state index contributed by atoms with van der Waals surface area (Å²) < 4.78 is 18.0. The summed E-state index contributed by atoms with van der Waals surface area (Å²) in [6, 6.07) is 5.45. The van der Waals surface area contributed by atoms with Gasteiger partial charge in [-0.05, 0) is 40.2 Å². The van der Waals surface area contributed by atoms with Crippen LogP contribution < -0.4 is 10.2 Å². The SMILES string of the molecule is CCCCOc1cccc(C=O)c1B1OC(C)(C)C(C)(C)O1. The van der Waals surface area contributed by atoms with Crippen molar-refractivity contribution in [1.82, 2.24) is 0 Å². The van der Waals surface area contributed by atoms with Crippen LogP contribution in [0.2, 0.25) is 0 Å². The molecule has 0 aliphatic carbocycles. The minimum absolute atomic E-state index is 0.450. The number of hydrogen-bond acceptors (Lipinski definition) is 4. The molecule has 0 amide bonds. The molecular weight excluding hydrogens is 279 g/mol. The topological polar surface area (TPSA) is 44.8 Å². The van der Waals surface area contributed by atoms with E-state index in [1.807, 2.05) is 39.8 Å². The summed E-state index contributed by atoms with van der Waals surface area (Å²) in [5, 5.41) is 0. The lowest BCUT2D eigenvalue weighted by molar-refractivity contribution is 0.00578. The van der Waals surface area contributed by atoms with E-state index in [4.69, 9.17) is 14.0 Å². The molecule has 1 saturated heterocycles. The summed E-state index contributed by atoms with van der Waals surface area (Å²) in [6.07, 6.45) is 2.85. The minimum Gasteiger partial charge on any atom is -0.494 e. The van der Waals surface area contributed by atoms with Crippen LogP contribution in [-0.4, -0.2) is 31.2 Å². The summed E-state index contributed by atoms with van der Waals surface area (Å²) in [6.45, 7) is 10.7. The van der Waals surface area contributed by atoms with Crippen LogP contribution in [0.4, 0.5) is 0 Å². The van der Waals surface area contributed by atoms with E-state index in [2.05, 4.69) is 6.92 Å². The molecule has 1 aliphatic heterocycles. The monoisotopic (exact) mass is 304 g/mol. The van der Waals surface area contributed by atoms with Gasteiger partial charge >= 0.3 is 7.12 Å². The Morgan fingerprint density at radius 2 is 1.82 bits per heavy atom. The third kappa shape index (κ3) is 3.20. The normalized spacial score (nSPS) is 19.2. The second kappa shape index (κ2) is 6.43. The number of benzene rings is 1. The molecule has 0 saturated carbocycles. The number of unbranched alkanes of at least 4 members (excludes halogenated alkanes) is 1. The fourth-order valence-corrected chi connectivity index (χ4v) is 2.33.